The van der Waals surface area contributed by atoms with Crippen LogP contribution in [0.5, 0.6) is 5.75 Å². The molecule has 0 unspecified atom stereocenters. The van der Waals surface area contributed by atoms with Gasteiger partial charge in [0.2, 0.25) is 0 Å². The highest BCUT2D eigenvalue weighted by Crippen LogP contribution is 2.16. The summed E-state index contributed by atoms with van der Waals surface area (Å²) in [6, 6.07) is 9.68. The van der Waals surface area contributed by atoms with E-state index in [9.17, 15) is 4.79 Å². The van der Waals surface area contributed by atoms with Gasteiger partial charge in [0.15, 0.2) is 0 Å². The van der Waals surface area contributed by atoms with Crippen LogP contribution in [0.25, 0.3) is 0 Å². The lowest BCUT2D eigenvalue weighted by Crippen LogP contribution is -2.29. The van der Waals surface area contributed by atoms with Gasteiger partial charge in [-0.1, -0.05) is 32.0 Å². The molecule has 1 amide bonds. The average Bonchev–Trinajstić information content (AvgIpc) is 2.70. The molecule has 0 aliphatic carbocycles. The van der Waals surface area contributed by atoms with E-state index in [0.29, 0.717) is 19.1 Å². The van der Waals surface area contributed by atoms with E-state index in [1.807, 2.05) is 30.3 Å². The van der Waals surface area contributed by atoms with Crippen LogP contribution in [0, 0.1) is 5.92 Å². The zero-order valence-corrected chi connectivity index (χ0v) is 11.5. The minimum absolute atomic E-state index is 0.0463. The largest absolute Gasteiger partial charge is 0.493 e. The number of benzene rings is 1. The molecule has 1 aromatic rings. The van der Waals surface area contributed by atoms with E-state index >= 15 is 0 Å². The Labute approximate surface area is 114 Å². The van der Waals surface area contributed by atoms with E-state index in [0.717, 1.165) is 18.7 Å². The first-order valence-corrected chi connectivity index (χ1v) is 6.78. The molecule has 4 nitrogen and oxygen atoms in total. The van der Waals surface area contributed by atoms with Crippen molar-refractivity contribution in [3.05, 3.63) is 30.3 Å². The van der Waals surface area contributed by atoms with E-state index in [1.54, 1.807) is 4.90 Å². The lowest BCUT2D eigenvalue weighted by molar-refractivity contribution is 0.119. The molecule has 1 atom stereocenters. The van der Waals surface area contributed by atoms with Gasteiger partial charge in [0.1, 0.15) is 11.9 Å². The summed E-state index contributed by atoms with van der Waals surface area (Å²) in [6.45, 7) is 6.19. The summed E-state index contributed by atoms with van der Waals surface area (Å²) < 4.78 is 10.9. The quantitative estimate of drug-likeness (QED) is 0.792. The number of carbonyl (C=O) groups is 1. The van der Waals surface area contributed by atoms with Crippen LogP contribution in [-0.4, -0.2) is 36.8 Å². The second kappa shape index (κ2) is 6.45. The Morgan fingerprint density at radius 1 is 1.37 bits per heavy atom. The molecule has 1 aromatic carbocycles. The van der Waals surface area contributed by atoms with Gasteiger partial charge in [0, 0.05) is 13.0 Å². The second-order valence-corrected chi connectivity index (χ2v) is 5.25. The van der Waals surface area contributed by atoms with E-state index in [4.69, 9.17) is 9.47 Å². The number of amides is 1. The smallest absolute Gasteiger partial charge is 0.410 e. The summed E-state index contributed by atoms with van der Waals surface area (Å²) in [4.78, 5) is 13.4. The van der Waals surface area contributed by atoms with Crippen LogP contribution >= 0.6 is 0 Å². The summed E-state index contributed by atoms with van der Waals surface area (Å²) in [5.74, 6) is 1.32. The Hall–Kier alpha value is -1.71. The van der Waals surface area contributed by atoms with Crippen LogP contribution in [0.15, 0.2) is 30.3 Å². The van der Waals surface area contributed by atoms with Gasteiger partial charge >= 0.3 is 6.09 Å². The summed E-state index contributed by atoms with van der Waals surface area (Å²) in [5, 5.41) is 0. The van der Waals surface area contributed by atoms with Crippen molar-refractivity contribution in [3.8, 4) is 5.75 Å². The zero-order valence-electron chi connectivity index (χ0n) is 11.5. The molecule has 1 aliphatic heterocycles. The number of carbonyl (C=O) groups excluding carboxylic acids is 1. The molecule has 4 heteroatoms. The molecule has 0 saturated carbocycles. The maximum absolute atomic E-state index is 11.6. The van der Waals surface area contributed by atoms with Crippen LogP contribution in [0.1, 0.15) is 20.3 Å². The van der Waals surface area contributed by atoms with Crippen molar-refractivity contribution in [1.29, 1.82) is 0 Å². The third-order valence-electron chi connectivity index (χ3n) is 2.99. The number of hydrogen-bond donors (Lipinski definition) is 0. The maximum atomic E-state index is 11.6. The monoisotopic (exact) mass is 263 g/mol. The molecule has 0 radical (unpaired) electrons. The lowest BCUT2D eigenvalue weighted by atomic mass is 10.2. The molecule has 0 spiro atoms. The topological polar surface area (TPSA) is 38.8 Å². The summed E-state index contributed by atoms with van der Waals surface area (Å²) in [6.07, 6.45) is 0.489. The normalized spacial score (nSPS) is 18.8. The fourth-order valence-corrected chi connectivity index (χ4v) is 2.14. The highest BCUT2D eigenvalue weighted by Gasteiger charge is 2.31. The van der Waals surface area contributed by atoms with Gasteiger partial charge < -0.3 is 14.4 Å². The Morgan fingerprint density at radius 2 is 2.11 bits per heavy atom. The third-order valence-corrected chi connectivity index (χ3v) is 2.99. The maximum Gasteiger partial charge on any atom is 0.410 e. The van der Waals surface area contributed by atoms with Crippen LogP contribution < -0.4 is 4.74 Å². The summed E-state index contributed by atoms with van der Waals surface area (Å²) in [5.41, 5.74) is 0. The van der Waals surface area contributed by atoms with E-state index in [2.05, 4.69) is 13.8 Å². The molecule has 0 N–H and O–H groups in total. The molecule has 104 valence electrons. The van der Waals surface area contributed by atoms with Crippen molar-refractivity contribution in [2.24, 2.45) is 5.92 Å². The van der Waals surface area contributed by atoms with Crippen LogP contribution in [0.3, 0.4) is 0 Å². The first-order chi connectivity index (χ1) is 9.15. The van der Waals surface area contributed by atoms with Crippen molar-refractivity contribution >= 4 is 6.09 Å². The van der Waals surface area contributed by atoms with Gasteiger partial charge in [-0.25, -0.2) is 4.79 Å². The fourth-order valence-electron chi connectivity index (χ4n) is 2.14. The molecule has 2 rings (SSSR count). The molecule has 1 aliphatic rings. The number of para-hydroxylation sites is 1. The molecular formula is C15H21NO3. The standard InChI is InChI=1S/C15H21NO3/c1-12(2)10-16-11-14(19-15(16)17)8-9-18-13-6-4-3-5-7-13/h3-7,12,14H,8-11H2,1-2H3/t14-/m0/s1. The molecule has 0 bridgehead atoms. The number of cyclic esters (lactones) is 1. The van der Waals surface area contributed by atoms with Gasteiger partial charge in [-0.05, 0) is 18.1 Å². The molecule has 1 saturated heterocycles. The van der Waals surface area contributed by atoms with Crippen molar-refractivity contribution in [3.63, 3.8) is 0 Å². The Bertz CT molecular complexity index is 405. The second-order valence-electron chi connectivity index (χ2n) is 5.25. The molecular weight excluding hydrogens is 242 g/mol. The van der Waals surface area contributed by atoms with E-state index in [1.165, 1.54) is 0 Å². The van der Waals surface area contributed by atoms with Crippen molar-refractivity contribution in [2.75, 3.05) is 19.7 Å². The predicted molar refractivity (Wildman–Crippen MR) is 73.2 cm³/mol. The van der Waals surface area contributed by atoms with Gasteiger partial charge in [-0.3, -0.25) is 0 Å². The van der Waals surface area contributed by atoms with E-state index in [-0.39, 0.29) is 12.2 Å². The summed E-state index contributed by atoms with van der Waals surface area (Å²) >= 11 is 0. The van der Waals surface area contributed by atoms with E-state index < -0.39 is 0 Å². The predicted octanol–water partition coefficient (Wildman–Crippen LogP) is 2.93. The molecule has 0 aromatic heterocycles. The Kier molecular flexibility index (Phi) is 4.66. The third kappa shape index (κ3) is 4.16. The van der Waals surface area contributed by atoms with Gasteiger partial charge in [0.05, 0.1) is 13.2 Å². The van der Waals surface area contributed by atoms with Crippen LogP contribution in [0.2, 0.25) is 0 Å². The first kappa shape index (κ1) is 13.7. The number of nitrogens with zero attached hydrogens (tertiary/aromatic N) is 1. The van der Waals surface area contributed by atoms with Gasteiger partial charge in [0.25, 0.3) is 0 Å². The van der Waals surface area contributed by atoms with Crippen LogP contribution in [-0.2, 0) is 4.74 Å². The average molecular weight is 263 g/mol. The minimum atomic E-state index is -0.196. The van der Waals surface area contributed by atoms with Crippen LogP contribution in [0.4, 0.5) is 4.79 Å². The van der Waals surface area contributed by atoms with Crippen molar-refractivity contribution in [2.45, 2.75) is 26.4 Å². The highest BCUT2D eigenvalue weighted by molar-refractivity contribution is 5.69. The van der Waals surface area contributed by atoms with Crippen molar-refractivity contribution in [1.82, 2.24) is 4.90 Å². The highest BCUT2D eigenvalue weighted by atomic mass is 16.6. The summed E-state index contributed by atoms with van der Waals surface area (Å²) in [7, 11) is 0. The Morgan fingerprint density at radius 3 is 2.79 bits per heavy atom. The zero-order chi connectivity index (χ0) is 13.7. The Balaban J connectivity index is 1.71. The van der Waals surface area contributed by atoms with Crippen molar-refractivity contribution < 1.29 is 14.3 Å². The SMILES string of the molecule is CC(C)CN1C[C@H](CCOc2ccccc2)OC1=O. The number of hydrogen-bond acceptors (Lipinski definition) is 3. The molecule has 1 fully saturated rings. The fraction of sp³-hybridized carbons (Fsp3) is 0.533. The lowest BCUT2D eigenvalue weighted by Gasteiger charge is -2.15. The number of ether oxygens (including phenoxy) is 2. The molecule has 1 heterocycles. The first-order valence-electron chi connectivity index (χ1n) is 6.78. The van der Waals surface area contributed by atoms with Gasteiger partial charge in [-0.15, -0.1) is 0 Å². The number of rotatable bonds is 6. The van der Waals surface area contributed by atoms with Gasteiger partial charge in [-0.2, -0.15) is 0 Å². The minimum Gasteiger partial charge on any atom is -0.493 e. The molecule has 19 heavy (non-hydrogen) atoms.